The first-order valence-electron chi connectivity index (χ1n) is 7.83. The molecule has 0 aromatic carbocycles. The minimum atomic E-state index is -4.22. The van der Waals surface area contributed by atoms with E-state index in [1.54, 1.807) is 6.92 Å². The first kappa shape index (κ1) is 15.7. The third-order valence-electron chi connectivity index (χ3n) is 6.72. The van der Waals surface area contributed by atoms with Gasteiger partial charge in [0.2, 0.25) is 0 Å². The fourth-order valence-electron chi connectivity index (χ4n) is 5.26. The first-order chi connectivity index (χ1) is 9.48. The molecule has 5 nitrogen and oxygen atoms in total. The molecule has 2 aliphatic heterocycles. The van der Waals surface area contributed by atoms with Gasteiger partial charge < -0.3 is 9.84 Å². The molecule has 0 amide bonds. The Hall–Kier alpha value is -0.170. The van der Waals surface area contributed by atoms with E-state index in [0.717, 1.165) is 12.8 Å². The van der Waals surface area contributed by atoms with Crippen LogP contribution >= 0.6 is 0 Å². The summed E-state index contributed by atoms with van der Waals surface area (Å²) >= 11 is 0. The van der Waals surface area contributed by atoms with Gasteiger partial charge in [0, 0.05) is 5.92 Å². The van der Waals surface area contributed by atoms with E-state index < -0.39 is 38.1 Å². The predicted molar refractivity (Wildman–Crippen MR) is 78.5 cm³/mol. The van der Waals surface area contributed by atoms with Gasteiger partial charge in [-0.15, -0.1) is 0 Å². The molecule has 0 spiro atoms. The van der Waals surface area contributed by atoms with Crippen molar-refractivity contribution in [2.75, 3.05) is 0 Å². The van der Waals surface area contributed by atoms with Crippen molar-refractivity contribution in [3.05, 3.63) is 0 Å². The molecule has 2 N–H and O–H groups in total. The van der Waals surface area contributed by atoms with E-state index in [9.17, 15) is 18.1 Å². The minimum absolute atomic E-state index is 0.0196. The average Bonchev–Trinajstić information content (AvgIpc) is 2.86. The molecule has 3 fully saturated rings. The van der Waals surface area contributed by atoms with Gasteiger partial charge in [0.15, 0.2) is 0 Å². The van der Waals surface area contributed by atoms with Crippen molar-refractivity contribution in [3.63, 3.8) is 0 Å². The second kappa shape index (κ2) is 4.22. The highest BCUT2D eigenvalue weighted by atomic mass is 32.2. The van der Waals surface area contributed by atoms with Gasteiger partial charge in [0.1, 0.15) is 4.75 Å². The molecular weight excluding hydrogens is 292 g/mol. The maximum Gasteiger partial charge on any atom is 0.270 e. The quantitative estimate of drug-likeness (QED) is 0.761. The molecule has 6 atom stereocenters. The van der Waals surface area contributed by atoms with Crippen LogP contribution in [0.3, 0.4) is 0 Å². The fourth-order valence-corrected chi connectivity index (χ4v) is 6.27. The fraction of sp³-hybridized carbons (Fsp3) is 1.00. The smallest absolute Gasteiger partial charge is 0.270 e. The average molecular weight is 318 g/mol. The van der Waals surface area contributed by atoms with Gasteiger partial charge >= 0.3 is 0 Å². The molecule has 0 aromatic rings. The van der Waals surface area contributed by atoms with Crippen LogP contribution in [0.5, 0.6) is 0 Å². The maximum absolute atomic E-state index is 12.0. The Morgan fingerprint density at radius 2 is 1.81 bits per heavy atom. The summed E-state index contributed by atoms with van der Waals surface area (Å²) in [6.07, 6.45) is 1.78. The molecule has 3 aliphatic rings. The molecule has 0 aromatic heterocycles. The molecule has 6 heteroatoms. The summed E-state index contributed by atoms with van der Waals surface area (Å²) in [6.45, 7) is 7.64. The Morgan fingerprint density at radius 1 is 1.19 bits per heavy atom. The van der Waals surface area contributed by atoms with Crippen LogP contribution in [0, 0.1) is 17.8 Å². The normalized spacial score (nSPS) is 53.2. The zero-order chi connectivity index (χ0) is 15.8. The molecule has 2 heterocycles. The van der Waals surface area contributed by atoms with Crippen LogP contribution in [0.4, 0.5) is 0 Å². The number of hydrogen-bond donors (Lipinski definition) is 2. The molecule has 0 radical (unpaired) electrons. The van der Waals surface area contributed by atoms with Crippen LogP contribution < -0.4 is 0 Å². The van der Waals surface area contributed by atoms with Gasteiger partial charge in [-0.1, -0.05) is 13.8 Å². The largest absolute Gasteiger partial charge is 0.390 e. The Bertz CT molecular complexity index is 558. The van der Waals surface area contributed by atoms with Gasteiger partial charge in [-0.2, -0.15) is 8.42 Å². The molecule has 2 bridgehead atoms. The summed E-state index contributed by atoms with van der Waals surface area (Å²) in [6, 6.07) is 0. The molecule has 3 rings (SSSR count). The molecule has 122 valence electrons. The summed E-state index contributed by atoms with van der Waals surface area (Å²) < 4.78 is 38.8. The van der Waals surface area contributed by atoms with Gasteiger partial charge in [0.05, 0.1) is 17.3 Å². The van der Waals surface area contributed by atoms with Crippen LogP contribution in [-0.4, -0.2) is 40.1 Å². The highest BCUT2D eigenvalue weighted by Gasteiger charge is 2.71. The molecule has 0 unspecified atom stereocenters. The summed E-state index contributed by atoms with van der Waals surface area (Å²) in [5.74, 6) is -0.383. The van der Waals surface area contributed by atoms with Crippen LogP contribution in [0.15, 0.2) is 0 Å². The molecule has 21 heavy (non-hydrogen) atoms. The highest BCUT2D eigenvalue weighted by Crippen LogP contribution is 2.63. The van der Waals surface area contributed by atoms with Crippen molar-refractivity contribution in [1.82, 2.24) is 0 Å². The Labute approximate surface area is 126 Å². The van der Waals surface area contributed by atoms with Crippen molar-refractivity contribution in [2.45, 2.75) is 75.4 Å². The predicted octanol–water partition coefficient (Wildman–Crippen LogP) is 2.00. The lowest BCUT2D eigenvalue weighted by atomic mass is 9.69. The van der Waals surface area contributed by atoms with Crippen LogP contribution in [-0.2, 0) is 14.9 Å². The number of hydrogen-bond acceptors (Lipinski definition) is 4. The zero-order valence-corrected chi connectivity index (χ0v) is 14.0. The molecule has 1 saturated carbocycles. The Balaban J connectivity index is 2.13. The lowest BCUT2D eigenvalue weighted by molar-refractivity contribution is -0.249. The van der Waals surface area contributed by atoms with Gasteiger partial charge in [0.25, 0.3) is 10.1 Å². The van der Waals surface area contributed by atoms with E-state index in [2.05, 4.69) is 0 Å². The summed E-state index contributed by atoms with van der Waals surface area (Å²) in [5.41, 5.74) is -1.08. The van der Waals surface area contributed by atoms with E-state index >= 15 is 0 Å². The van der Waals surface area contributed by atoms with Gasteiger partial charge in [-0.25, -0.2) is 0 Å². The van der Waals surface area contributed by atoms with E-state index in [0.29, 0.717) is 12.8 Å². The molecular formula is C15H26O5S. The number of ether oxygens (including phenoxy) is 1. The summed E-state index contributed by atoms with van der Waals surface area (Å²) in [4.78, 5) is 0. The number of rotatable bonds is 2. The maximum atomic E-state index is 12.0. The van der Waals surface area contributed by atoms with Gasteiger partial charge in [-0.3, -0.25) is 4.55 Å². The van der Waals surface area contributed by atoms with E-state index in [-0.39, 0.29) is 11.8 Å². The topological polar surface area (TPSA) is 83.8 Å². The van der Waals surface area contributed by atoms with Crippen molar-refractivity contribution >= 4 is 10.1 Å². The van der Waals surface area contributed by atoms with E-state index in [1.807, 2.05) is 20.8 Å². The monoisotopic (exact) mass is 318 g/mol. The highest BCUT2D eigenvalue weighted by molar-refractivity contribution is 7.87. The van der Waals surface area contributed by atoms with Crippen molar-refractivity contribution in [2.24, 2.45) is 17.8 Å². The third-order valence-corrected chi connectivity index (χ3v) is 8.37. The van der Waals surface area contributed by atoms with E-state index in [1.165, 1.54) is 0 Å². The van der Waals surface area contributed by atoms with Crippen LogP contribution in [0.25, 0.3) is 0 Å². The first-order valence-corrected chi connectivity index (χ1v) is 9.27. The van der Waals surface area contributed by atoms with E-state index in [4.69, 9.17) is 4.74 Å². The number of fused-ring (bicyclic) bond motifs is 4. The van der Waals surface area contributed by atoms with Crippen molar-refractivity contribution < 1.29 is 22.8 Å². The van der Waals surface area contributed by atoms with Crippen molar-refractivity contribution in [1.29, 1.82) is 0 Å². The molecule has 2 saturated heterocycles. The Kier molecular flexibility index (Phi) is 3.16. The van der Waals surface area contributed by atoms with Crippen LogP contribution in [0.1, 0.15) is 53.4 Å². The number of aliphatic hydroxyl groups is 1. The Morgan fingerprint density at radius 3 is 2.33 bits per heavy atom. The van der Waals surface area contributed by atoms with Crippen molar-refractivity contribution in [3.8, 4) is 0 Å². The van der Waals surface area contributed by atoms with Crippen LogP contribution in [0.2, 0.25) is 0 Å². The summed E-state index contributed by atoms with van der Waals surface area (Å²) in [7, 11) is -4.22. The zero-order valence-electron chi connectivity index (χ0n) is 13.2. The van der Waals surface area contributed by atoms with Gasteiger partial charge in [-0.05, 0) is 51.4 Å². The number of aliphatic hydroxyl groups excluding tert-OH is 1. The lowest BCUT2D eigenvalue weighted by Gasteiger charge is -2.53. The SMILES string of the molecule is CC(C)[C@]12CC[C@](C)(O1)[C@@H]1CC[C@](C)(S(=O)(=O)O)[C@H]1[C@@H]2O. The molecule has 1 aliphatic carbocycles. The lowest BCUT2D eigenvalue weighted by Crippen LogP contribution is -2.64. The second-order valence-corrected chi connectivity index (χ2v) is 9.81. The summed E-state index contributed by atoms with van der Waals surface area (Å²) in [5, 5.41) is 11.0. The second-order valence-electron chi connectivity index (χ2n) is 7.93. The minimum Gasteiger partial charge on any atom is -0.390 e. The third kappa shape index (κ3) is 1.76. The standard InChI is InChI=1S/C15H26O5S/c1-9(2)15-8-7-13(3,20-15)10-5-6-14(4,21(17,18)19)11(10)12(15)16/h9-12,16H,5-8H2,1-4H3,(H,17,18,19)/t10-,11-,12+,13+,14+,15+/m1/s1.